The van der Waals surface area contributed by atoms with E-state index in [0.29, 0.717) is 24.2 Å². The van der Waals surface area contributed by atoms with E-state index in [1.807, 2.05) is 54.9 Å². The first-order chi connectivity index (χ1) is 16.4. The van der Waals surface area contributed by atoms with Gasteiger partial charge in [0.1, 0.15) is 0 Å². The number of fused-ring (bicyclic) bond motifs is 1. The number of carboxylic acid groups (broad SMARTS) is 1. The van der Waals surface area contributed by atoms with Gasteiger partial charge in [0.15, 0.2) is 0 Å². The monoisotopic (exact) mass is 452 g/mol. The number of para-hydroxylation sites is 2. The van der Waals surface area contributed by atoms with Gasteiger partial charge < -0.3 is 20.0 Å². The zero-order valence-electron chi connectivity index (χ0n) is 18.9. The Morgan fingerprint density at radius 1 is 1.15 bits per heavy atom. The summed E-state index contributed by atoms with van der Waals surface area (Å²) in [6.07, 6.45) is 4.13. The summed E-state index contributed by atoms with van der Waals surface area (Å²) in [6.45, 7) is 11.6. The molecule has 0 saturated carbocycles. The van der Waals surface area contributed by atoms with Crippen molar-refractivity contribution in [2.75, 3.05) is 6.54 Å². The molecule has 0 bridgehead atoms. The van der Waals surface area contributed by atoms with Crippen molar-refractivity contribution in [1.82, 2.24) is 14.9 Å². The van der Waals surface area contributed by atoms with Crippen LogP contribution in [0.2, 0.25) is 0 Å². The van der Waals surface area contributed by atoms with Crippen LogP contribution in [0.3, 0.4) is 0 Å². The van der Waals surface area contributed by atoms with E-state index in [9.17, 15) is 14.7 Å². The van der Waals surface area contributed by atoms with Crippen LogP contribution < -0.4 is 5.32 Å². The number of aromatic carboxylic acids is 1. The summed E-state index contributed by atoms with van der Waals surface area (Å²) in [7, 11) is 0. The van der Waals surface area contributed by atoms with E-state index in [4.69, 9.17) is 6.57 Å². The van der Waals surface area contributed by atoms with Gasteiger partial charge in [-0.05, 0) is 61.7 Å². The minimum Gasteiger partial charge on any atom is -0.478 e. The first-order valence-electron chi connectivity index (χ1n) is 10.8. The number of benzene rings is 2. The van der Waals surface area contributed by atoms with Crippen molar-refractivity contribution < 1.29 is 14.7 Å². The van der Waals surface area contributed by atoms with Crippen LogP contribution in [0.4, 0.5) is 0 Å². The number of carbonyl (C=O) groups is 2. The first kappa shape index (κ1) is 22.6. The molecule has 4 aromatic rings. The van der Waals surface area contributed by atoms with Gasteiger partial charge in [0.05, 0.1) is 17.8 Å². The number of nitrogens with zero attached hydrogens (tertiary/aromatic N) is 2. The number of H-pyrrole nitrogens is 1. The summed E-state index contributed by atoms with van der Waals surface area (Å²) in [4.78, 5) is 31.0. The molecule has 0 spiro atoms. The maximum atomic E-state index is 12.7. The highest BCUT2D eigenvalue weighted by Crippen LogP contribution is 2.25. The van der Waals surface area contributed by atoms with Crippen molar-refractivity contribution in [3.8, 4) is 5.69 Å². The molecule has 0 aliphatic rings. The Morgan fingerprint density at radius 3 is 2.65 bits per heavy atom. The van der Waals surface area contributed by atoms with Crippen LogP contribution in [-0.4, -0.2) is 33.1 Å². The molecule has 0 radical (unpaired) electrons. The number of hydrogen-bond donors (Lipinski definition) is 3. The van der Waals surface area contributed by atoms with Crippen molar-refractivity contribution in [1.29, 1.82) is 0 Å². The van der Waals surface area contributed by atoms with Crippen LogP contribution in [0, 0.1) is 20.4 Å². The zero-order chi connectivity index (χ0) is 24.2. The fraction of sp³-hybridized carbons (Fsp3) is 0.148. The van der Waals surface area contributed by atoms with Gasteiger partial charge in [0.2, 0.25) is 5.91 Å². The molecule has 4 rings (SSSR count). The van der Waals surface area contributed by atoms with E-state index in [1.54, 1.807) is 30.3 Å². The Hall–Kier alpha value is -4.57. The van der Waals surface area contributed by atoms with E-state index >= 15 is 0 Å². The smallest absolute Gasteiger partial charge is 0.337 e. The Labute approximate surface area is 197 Å². The van der Waals surface area contributed by atoms with E-state index in [-0.39, 0.29) is 11.3 Å². The Balaban J connectivity index is 1.53. The van der Waals surface area contributed by atoms with Gasteiger partial charge in [-0.25, -0.2) is 9.64 Å². The van der Waals surface area contributed by atoms with Gasteiger partial charge in [-0.1, -0.05) is 30.3 Å². The van der Waals surface area contributed by atoms with Gasteiger partial charge in [0, 0.05) is 35.0 Å². The molecule has 3 N–H and O–H groups in total. The summed E-state index contributed by atoms with van der Waals surface area (Å²) in [6, 6.07) is 16.6. The van der Waals surface area contributed by atoms with E-state index < -0.39 is 11.9 Å². The van der Waals surface area contributed by atoms with Crippen LogP contribution in [-0.2, 0) is 11.2 Å². The average Bonchev–Trinajstić information content (AvgIpc) is 3.37. The fourth-order valence-corrected chi connectivity index (χ4v) is 4.19. The van der Waals surface area contributed by atoms with Gasteiger partial charge in [-0.3, -0.25) is 4.79 Å². The maximum Gasteiger partial charge on any atom is 0.337 e. The normalized spacial score (nSPS) is 11.4. The number of aromatic amines is 1. The summed E-state index contributed by atoms with van der Waals surface area (Å²) in [5.41, 5.74) is 5.09. The van der Waals surface area contributed by atoms with Crippen molar-refractivity contribution >= 4 is 28.9 Å². The Kier molecular flexibility index (Phi) is 6.33. The fourth-order valence-electron chi connectivity index (χ4n) is 4.19. The lowest BCUT2D eigenvalue weighted by Crippen LogP contribution is -2.26. The highest BCUT2D eigenvalue weighted by molar-refractivity contribution is 6.00. The zero-order valence-corrected chi connectivity index (χ0v) is 18.9. The number of nitrogens with one attached hydrogen (secondary N) is 2. The minimum absolute atomic E-state index is 0.0225. The molecular formula is C27H24N4O3. The summed E-state index contributed by atoms with van der Waals surface area (Å²) < 4.78 is 1.83. The second kappa shape index (κ2) is 9.51. The highest BCUT2D eigenvalue weighted by Gasteiger charge is 2.17. The van der Waals surface area contributed by atoms with Gasteiger partial charge >= 0.3 is 5.97 Å². The van der Waals surface area contributed by atoms with Crippen molar-refractivity contribution in [3.63, 3.8) is 0 Å². The largest absolute Gasteiger partial charge is 0.478 e. The number of carbonyl (C=O) groups excluding carboxylic acids is 1. The number of aryl methyl sites for hydroxylation is 1. The van der Waals surface area contributed by atoms with Crippen LogP contribution in [0.5, 0.6) is 0 Å². The third-order valence-corrected chi connectivity index (χ3v) is 5.85. The van der Waals surface area contributed by atoms with Crippen LogP contribution >= 0.6 is 0 Å². The van der Waals surface area contributed by atoms with Crippen molar-refractivity contribution in [3.05, 3.63) is 106 Å². The molecule has 7 heteroatoms. The molecule has 1 amide bonds. The van der Waals surface area contributed by atoms with E-state index in [2.05, 4.69) is 15.1 Å². The third-order valence-electron chi connectivity index (χ3n) is 5.85. The van der Waals surface area contributed by atoms with Gasteiger partial charge in [0.25, 0.3) is 5.70 Å². The van der Waals surface area contributed by atoms with Crippen molar-refractivity contribution in [2.45, 2.75) is 20.3 Å². The second-order valence-corrected chi connectivity index (χ2v) is 7.99. The van der Waals surface area contributed by atoms with Crippen LogP contribution in [0.1, 0.15) is 32.9 Å². The summed E-state index contributed by atoms with van der Waals surface area (Å²) in [5, 5.41) is 13.5. The Bertz CT molecular complexity index is 1470. The molecule has 0 aliphatic carbocycles. The topological polar surface area (TPSA) is 91.5 Å². The number of carboxylic acids is 1. The second-order valence-electron chi connectivity index (χ2n) is 7.99. The molecule has 7 nitrogen and oxygen atoms in total. The lowest BCUT2D eigenvalue weighted by molar-refractivity contribution is -0.117. The molecule has 0 atom stereocenters. The molecule has 0 saturated heterocycles. The van der Waals surface area contributed by atoms with E-state index in [1.165, 1.54) is 0 Å². The molecular weight excluding hydrogens is 428 g/mol. The summed E-state index contributed by atoms with van der Waals surface area (Å²) >= 11 is 0. The summed E-state index contributed by atoms with van der Waals surface area (Å²) in [5.74, 6) is -1.46. The Morgan fingerprint density at radius 2 is 1.88 bits per heavy atom. The molecule has 2 aromatic carbocycles. The molecule has 2 heterocycles. The van der Waals surface area contributed by atoms with Crippen molar-refractivity contribution in [2.24, 2.45) is 0 Å². The van der Waals surface area contributed by atoms with Gasteiger partial charge in [-0.15, -0.1) is 0 Å². The SMILES string of the molecule is [C-]#[N+]/C(=C\c1cc(C)n(-c2ccccc2C(=O)O)c1C)C(=O)NCCc1c[nH]c2ccccc12. The first-order valence-corrected chi connectivity index (χ1v) is 10.8. The minimum atomic E-state index is -1.02. The standard InChI is InChI=1S/C27H24N4O3/c1-17-14-20(18(2)31(17)25-11-7-5-9-22(25)27(33)34)15-24(28-3)26(32)29-13-12-19-16-30-23-10-6-4-8-21(19)23/h4-11,14-16,30H,12-13H2,1-2H3,(H,29,32)(H,33,34)/b24-15-. The lowest BCUT2D eigenvalue weighted by Gasteiger charge is -2.12. The quantitative estimate of drug-likeness (QED) is 0.275. The molecule has 2 aromatic heterocycles. The lowest BCUT2D eigenvalue weighted by atomic mass is 10.1. The number of hydrogen-bond acceptors (Lipinski definition) is 2. The third kappa shape index (κ3) is 4.34. The highest BCUT2D eigenvalue weighted by atomic mass is 16.4. The predicted octanol–water partition coefficient (Wildman–Crippen LogP) is 4.89. The van der Waals surface area contributed by atoms with Gasteiger partial charge in [-0.2, -0.15) is 0 Å². The average molecular weight is 453 g/mol. The number of aromatic nitrogens is 2. The molecule has 170 valence electrons. The maximum absolute atomic E-state index is 12.7. The van der Waals surface area contributed by atoms with Crippen LogP contribution in [0.25, 0.3) is 27.5 Å². The molecule has 34 heavy (non-hydrogen) atoms. The molecule has 0 unspecified atom stereocenters. The molecule has 0 fully saturated rings. The van der Waals surface area contributed by atoms with Crippen LogP contribution in [0.15, 0.2) is 66.5 Å². The van der Waals surface area contributed by atoms with E-state index in [0.717, 1.165) is 27.9 Å². The number of amides is 1. The predicted molar refractivity (Wildman–Crippen MR) is 132 cm³/mol. The number of rotatable bonds is 7. The molecule has 0 aliphatic heterocycles.